The smallest absolute Gasteiger partial charge is 0.244 e. The van der Waals surface area contributed by atoms with Gasteiger partial charge in [-0.15, -0.1) is 0 Å². The van der Waals surface area contributed by atoms with E-state index in [4.69, 9.17) is 0 Å². The van der Waals surface area contributed by atoms with E-state index in [0.29, 0.717) is 17.1 Å². The maximum absolute atomic E-state index is 14.3. The molecule has 126 valence electrons. The summed E-state index contributed by atoms with van der Waals surface area (Å²) in [6.45, 7) is 2.07. The number of carbonyl (C=O) groups excluding carboxylic acids is 1. The second-order valence-electron chi connectivity index (χ2n) is 5.59. The van der Waals surface area contributed by atoms with Gasteiger partial charge in [0, 0.05) is 25.0 Å². The van der Waals surface area contributed by atoms with Crippen molar-refractivity contribution in [3.05, 3.63) is 89.8 Å². The van der Waals surface area contributed by atoms with Crippen molar-refractivity contribution < 1.29 is 9.18 Å². The zero-order valence-corrected chi connectivity index (χ0v) is 13.8. The molecule has 0 fully saturated rings. The number of benzene rings is 2. The molecule has 0 bridgehead atoms. The fourth-order valence-corrected chi connectivity index (χ4v) is 2.47. The molecule has 0 spiro atoms. The number of aromatic nitrogens is 2. The monoisotopic (exact) mass is 335 g/mol. The molecule has 1 aromatic heterocycles. The van der Waals surface area contributed by atoms with Gasteiger partial charge in [0.05, 0.1) is 5.69 Å². The molecule has 0 aliphatic heterocycles. The third-order valence-electron chi connectivity index (χ3n) is 3.79. The Balaban J connectivity index is 1.62. The average molecular weight is 335 g/mol. The number of amides is 1. The molecule has 0 saturated carbocycles. The lowest BCUT2D eigenvalue weighted by atomic mass is 10.2. The number of nitrogens with zero attached hydrogens (tertiary/aromatic N) is 2. The van der Waals surface area contributed by atoms with Crippen molar-refractivity contribution in [2.45, 2.75) is 13.5 Å². The molecule has 2 aromatic carbocycles. The molecule has 1 N–H and O–H groups in total. The first-order chi connectivity index (χ1) is 12.1. The Labute approximate surface area is 145 Å². The Kier molecular flexibility index (Phi) is 5.04. The van der Waals surface area contributed by atoms with E-state index in [9.17, 15) is 9.18 Å². The van der Waals surface area contributed by atoms with Crippen LogP contribution in [-0.4, -0.2) is 15.5 Å². The summed E-state index contributed by atoms with van der Waals surface area (Å²) in [5.41, 5.74) is 2.08. The highest BCUT2D eigenvalue weighted by Gasteiger charge is 2.08. The Morgan fingerprint density at radius 3 is 2.72 bits per heavy atom. The molecule has 4 nitrogen and oxygen atoms in total. The van der Waals surface area contributed by atoms with Crippen LogP contribution in [0.2, 0.25) is 0 Å². The van der Waals surface area contributed by atoms with Crippen molar-refractivity contribution in [1.82, 2.24) is 14.9 Å². The van der Waals surface area contributed by atoms with E-state index >= 15 is 0 Å². The molecule has 0 aliphatic rings. The van der Waals surface area contributed by atoms with Crippen molar-refractivity contribution in [3.8, 4) is 5.69 Å². The van der Waals surface area contributed by atoms with Crippen LogP contribution in [-0.2, 0) is 11.3 Å². The van der Waals surface area contributed by atoms with Crippen LogP contribution in [0.25, 0.3) is 11.8 Å². The van der Waals surface area contributed by atoms with Crippen molar-refractivity contribution in [3.63, 3.8) is 0 Å². The minimum absolute atomic E-state index is 0.223. The second-order valence-corrected chi connectivity index (χ2v) is 5.59. The van der Waals surface area contributed by atoms with E-state index in [1.54, 1.807) is 35.2 Å². The van der Waals surface area contributed by atoms with Crippen LogP contribution in [0, 0.1) is 12.7 Å². The standard InChI is InChI=1S/C20H18FN3O/c1-15-22-11-12-24(15)19-9-7-17(13-18(19)21)14-23-20(25)10-8-16-5-3-2-4-6-16/h2-13H,14H2,1H3,(H,23,25). The molecule has 3 aromatic rings. The highest BCUT2D eigenvalue weighted by atomic mass is 19.1. The van der Waals surface area contributed by atoms with Gasteiger partial charge in [0.15, 0.2) is 0 Å². The minimum Gasteiger partial charge on any atom is -0.348 e. The molecule has 3 rings (SSSR count). The fraction of sp³-hybridized carbons (Fsp3) is 0.100. The lowest BCUT2D eigenvalue weighted by Gasteiger charge is -2.09. The molecule has 0 saturated heterocycles. The largest absolute Gasteiger partial charge is 0.348 e. The topological polar surface area (TPSA) is 46.9 Å². The predicted octanol–water partition coefficient (Wildman–Crippen LogP) is 3.65. The lowest BCUT2D eigenvalue weighted by molar-refractivity contribution is -0.116. The maximum atomic E-state index is 14.3. The highest BCUT2D eigenvalue weighted by Crippen LogP contribution is 2.16. The van der Waals surface area contributed by atoms with Gasteiger partial charge in [-0.25, -0.2) is 9.37 Å². The van der Waals surface area contributed by atoms with E-state index in [-0.39, 0.29) is 18.3 Å². The number of hydrogen-bond donors (Lipinski definition) is 1. The van der Waals surface area contributed by atoms with Gasteiger partial charge < -0.3 is 9.88 Å². The fourth-order valence-electron chi connectivity index (χ4n) is 2.47. The molecular weight excluding hydrogens is 317 g/mol. The SMILES string of the molecule is Cc1nccn1-c1ccc(CNC(=O)C=Cc2ccccc2)cc1F. The quantitative estimate of drug-likeness (QED) is 0.724. The summed E-state index contributed by atoms with van der Waals surface area (Å²) in [6.07, 6.45) is 6.54. The van der Waals surface area contributed by atoms with Gasteiger partial charge >= 0.3 is 0 Å². The Hall–Kier alpha value is -3.21. The van der Waals surface area contributed by atoms with E-state index in [1.165, 1.54) is 12.1 Å². The van der Waals surface area contributed by atoms with Crippen LogP contribution in [0.3, 0.4) is 0 Å². The summed E-state index contributed by atoms with van der Waals surface area (Å²) in [4.78, 5) is 16.0. The van der Waals surface area contributed by atoms with Crippen molar-refractivity contribution in [2.75, 3.05) is 0 Å². The number of halogens is 1. The van der Waals surface area contributed by atoms with Crippen molar-refractivity contribution in [1.29, 1.82) is 0 Å². The number of carbonyl (C=O) groups is 1. The minimum atomic E-state index is -0.354. The Bertz CT molecular complexity index is 900. The number of hydrogen-bond acceptors (Lipinski definition) is 2. The second kappa shape index (κ2) is 7.57. The van der Waals surface area contributed by atoms with Gasteiger partial charge in [0.25, 0.3) is 0 Å². The third kappa shape index (κ3) is 4.20. The molecule has 0 radical (unpaired) electrons. The molecule has 1 amide bonds. The summed E-state index contributed by atoms with van der Waals surface area (Å²) in [5, 5.41) is 2.75. The lowest BCUT2D eigenvalue weighted by Crippen LogP contribution is -2.20. The van der Waals surface area contributed by atoms with Crippen LogP contribution in [0.15, 0.2) is 67.0 Å². The van der Waals surface area contributed by atoms with E-state index in [0.717, 1.165) is 5.56 Å². The van der Waals surface area contributed by atoms with Gasteiger partial charge in [-0.1, -0.05) is 36.4 Å². The molecule has 25 heavy (non-hydrogen) atoms. The number of aryl methyl sites for hydroxylation is 1. The van der Waals surface area contributed by atoms with E-state index < -0.39 is 0 Å². The number of imidazole rings is 1. The van der Waals surface area contributed by atoms with Crippen LogP contribution < -0.4 is 5.32 Å². The molecule has 5 heteroatoms. The van der Waals surface area contributed by atoms with Crippen LogP contribution in [0.5, 0.6) is 0 Å². The number of nitrogens with one attached hydrogen (secondary N) is 1. The van der Waals surface area contributed by atoms with E-state index in [1.807, 2.05) is 37.3 Å². The zero-order valence-electron chi connectivity index (χ0n) is 13.8. The van der Waals surface area contributed by atoms with Gasteiger partial charge in [-0.3, -0.25) is 4.79 Å². The van der Waals surface area contributed by atoms with Crippen LogP contribution >= 0.6 is 0 Å². The summed E-state index contributed by atoms with van der Waals surface area (Å²) in [5.74, 6) is 0.137. The maximum Gasteiger partial charge on any atom is 0.244 e. The molecule has 0 unspecified atom stereocenters. The first kappa shape index (κ1) is 16.6. The Morgan fingerprint density at radius 2 is 2.04 bits per heavy atom. The molecule has 0 aliphatic carbocycles. The van der Waals surface area contributed by atoms with Crippen LogP contribution in [0.1, 0.15) is 17.0 Å². The first-order valence-electron chi connectivity index (χ1n) is 7.93. The summed E-state index contributed by atoms with van der Waals surface area (Å²) in [6, 6.07) is 14.5. The van der Waals surface area contributed by atoms with Crippen molar-refractivity contribution in [2.24, 2.45) is 0 Å². The molecule has 1 heterocycles. The zero-order chi connectivity index (χ0) is 17.6. The van der Waals surface area contributed by atoms with Gasteiger partial charge in [0.1, 0.15) is 11.6 Å². The summed E-state index contributed by atoms with van der Waals surface area (Å²) >= 11 is 0. The average Bonchev–Trinajstić information content (AvgIpc) is 3.05. The summed E-state index contributed by atoms with van der Waals surface area (Å²) in [7, 11) is 0. The Morgan fingerprint density at radius 1 is 1.24 bits per heavy atom. The molecule has 0 atom stereocenters. The first-order valence-corrected chi connectivity index (χ1v) is 7.93. The normalized spacial score (nSPS) is 11.0. The van der Waals surface area contributed by atoms with Gasteiger partial charge in [-0.2, -0.15) is 0 Å². The summed E-state index contributed by atoms with van der Waals surface area (Å²) < 4.78 is 16.0. The van der Waals surface area contributed by atoms with E-state index in [2.05, 4.69) is 10.3 Å². The van der Waals surface area contributed by atoms with Crippen LogP contribution in [0.4, 0.5) is 4.39 Å². The third-order valence-corrected chi connectivity index (χ3v) is 3.79. The van der Waals surface area contributed by atoms with Gasteiger partial charge in [0.2, 0.25) is 5.91 Å². The predicted molar refractivity (Wildman–Crippen MR) is 95.6 cm³/mol. The van der Waals surface area contributed by atoms with Crippen molar-refractivity contribution >= 4 is 12.0 Å². The number of rotatable bonds is 5. The van der Waals surface area contributed by atoms with Gasteiger partial charge in [-0.05, 0) is 36.3 Å². The molecular formula is C20H18FN3O. The highest BCUT2D eigenvalue weighted by molar-refractivity contribution is 5.91.